The van der Waals surface area contributed by atoms with Crippen molar-refractivity contribution in [2.45, 2.75) is 18.1 Å². The number of anilines is 1. The van der Waals surface area contributed by atoms with Crippen LogP contribution >= 0.6 is 23.4 Å². The van der Waals surface area contributed by atoms with Gasteiger partial charge in [0.05, 0.1) is 11.3 Å². The molecule has 1 aliphatic heterocycles. The molecular weight excluding hydrogens is 300 g/mol. The molecule has 0 aromatic heterocycles. The molecule has 0 radical (unpaired) electrons. The third-order valence-electron chi connectivity index (χ3n) is 2.97. The highest BCUT2D eigenvalue weighted by Crippen LogP contribution is 2.25. The number of hydrogen-bond donors (Lipinski definition) is 3. The van der Waals surface area contributed by atoms with Crippen LogP contribution in [0.4, 0.5) is 10.5 Å². The largest absolute Gasteiger partial charge is 0.478 e. The molecule has 108 valence electrons. The number of urea groups is 1. The zero-order valence-corrected chi connectivity index (χ0v) is 12.3. The van der Waals surface area contributed by atoms with E-state index in [2.05, 4.69) is 10.6 Å². The van der Waals surface area contributed by atoms with E-state index >= 15 is 0 Å². The van der Waals surface area contributed by atoms with Gasteiger partial charge in [-0.15, -0.1) is 0 Å². The maximum atomic E-state index is 11.8. The van der Waals surface area contributed by atoms with Gasteiger partial charge in [-0.3, -0.25) is 0 Å². The standard InChI is InChI=1S/C13H15ClN2O3S/c14-8-3-4-10(12(17)18)11(6-8)16-13(19)15-7-9-2-1-5-20-9/h3-4,6,9H,1-2,5,7H2,(H,17,18)(H2,15,16,19). The van der Waals surface area contributed by atoms with Gasteiger partial charge >= 0.3 is 12.0 Å². The van der Waals surface area contributed by atoms with E-state index < -0.39 is 12.0 Å². The van der Waals surface area contributed by atoms with E-state index in [0.717, 1.165) is 12.2 Å². The summed E-state index contributed by atoms with van der Waals surface area (Å²) in [6.45, 7) is 0.583. The molecule has 20 heavy (non-hydrogen) atoms. The Bertz CT molecular complexity index is 518. The van der Waals surface area contributed by atoms with E-state index in [9.17, 15) is 9.59 Å². The van der Waals surface area contributed by atoms with Crippen LogP contribution in [0, 0.1) is 0 Å². The molecule has 1 heterocycles. The van der Waals surface area contributed by atoms with Gasteiger partial charge in [0.25, 0.3) is 0 Å². The SMILES string of the molecule is O=C(NCC1CCCS1)Nc1cc(Cl)ccc1C(=O)O. The Morgan fingerprint density at radius 2 is 2.25 bits per heavy atom. The second kappa shape index (κ2) is 6.85. The molecule has 0 bridgehead atoms. The molecule has 1 aromatic carbocycles. The summed E-state index contributed by atoms with van der Waals surface area (Å²) in [5.74, 6) is 0.0223. The Balaban J connectivity index is 1.96. The van der Waals surface area contributed by atoms with Gasteiger partial charge in [0.1, 0.15) is 0 Å². The zero-order chi connectivity index (χ0) is 14.5. The number of nitrogens with one attached hydrogen (secondary N) is 2. The van der Waals surface area contributed by atoms with Crippen molar-refractivity contribution in [3.63, 3.8) is 0 Å². The van der Waals surface area contributed by atoms with E-state index in [1.165, 1.54) is 24.6 Å². The molecule has 3 N–H and O–H groups in total. The predicted octanol–water partition coefficient (Wildman–Crippen LogP) is 3.06. The van der Waals surface area contributed by atoms with E-state index in [-0.39, 0.29) is 11.3 Å². The molecule has 1 aromatic rings. The van der Waals surface area contributed by atoms with Crippen LogP contribution in [0.5, 0.6) is 0 Å². The summed E-state index contributed by atoms with van der Waals surface area (Å²) in [5.41, 5.74) is 0.210. The highest BCUT2D eigenvalue weighted by Gasteiger charge is 2.17. The van der Waals surface area contributed by atoms with Gasteiger partial charge in [-0.2, -0.15) is 11.8 Å². The van der Waals surface area contributed by atoms with Crippen LogP contribution in [0.1, 0.15) is 23.2 Å². The lowest BCUT2D eigenvalue weighted by Gasteiger charge is -2.12. The lowest BCUT2D eigenvalue weighted by Crippen LogP contribution is -2.33. The number of carbonyl (C=O) groups is 2. The van der Waals surface area contributed by atoms with E-state index in [0.29, 0.717) is 16.8 Å². The second-order valence-corrected chi connectivity index (χ2v) is 6.31. The third kappa shape index (κ3) is 4.05. The molecule has 1 atom stereocenters. The summed E-state index contributed by atoms with van der Waals surface area (Å²) in [6.07, 6.45) is 2.28. The number of halogens is 1. The molecular formula is C13H15ClN2O3S. The molecule has 1 unspecified atom stereocenters. The Kier molecular flexibility index (Phi) is 5.14. The first kappa shape index (κ1) is 15.0. The molecule has 1 fully saturated rings. The fraction of sp³-hybridized carbons (Fsp3) is 0.385. The molecule has 0 aliphatic carbocycles. The number of carbonyl (C=O) groups excluding carboxylic acids is 1. The minimum atomic E-state index is -1.11. The predicted molar refractivity (Wildman–Crippen MR) is 80.9 cm³/mol. The highest BCUT2D eigenvalue weighted by atomic mass is 35.5. The van der Waals surface area contributed by atoms with Gasteiger partial charge in [-0.1, -0.05) is 11.6 Å². The fourth-order valence-electron chi connectivity index (χ4n) is 1.98. The fourth-order valence-corrected chi connectivity index (χ4v) is 3.36. The minimum Gasteiger partial charge on any atom is -0.478 e. The molecule has 0 saturated carbocycles. The number of thioether (sulfide) groups is 1. The number of benzene rings is 1. The van der Waals surface area contributed by atoms with Crippen molar-refractivity contribution in [1.82, 2.24) is 5.32 Å². The van der Waals surface area contributed by atoms with Crippen LogP contribution in [0.15, 0.2) is 18.2 Å². The Labute approximate surface area is 126 Å². The van der Waals surface area contributed by atoms with Gasteiger partial charge in [0, 0.05) is 16.8 Å². The number of rotatable bonds is 4. The van der Waals surface area contributed by atoms with Crippen LogP contribution in [0.2, 0.25) is 5.02 Å². The number of amides is 2. The molecule has 2 amide bonds. The van der Waals surface area contributed by atoms with E-state index in [1.807, 2.05) is 11.8 Å². The summed E-state index contributed by atoms with van der Waals surface area (Å²) in [7, 11) is 0. The molecule has 2 rings (SSSR count). The average Bonchev–Trinajstić information content (AvgIpc) is 2.89. The van der Waals surface area contributed by atoms with Crippen molar-refractivity contribution >= 4 is 41.1 Å². The molecule has 1 aliphatic rings. The van der Waals surface area contributed by atoms with Crippen molar-refractivity contribution in [2.24, 2.45) is 0 Å². The lowest BCUT2D eigenvalue weighted by molar-refractivity contribution is 0.0698. The van der Waals surface area contributed by atoms with Gasteiger partial charge in [0.2, 0.25) is 0 Å². The number of hydrogen-bond acceptors (Lipinski definition) is 3. The second-order valence-electron chi connectivity index (χ2n) is 4.47. The first-order valence-corrected chi connectivity index (χ1v) is 7.68. The molecule has 5 nitrogen and oxygen atoms in total. The number of aromatic carboxylic acids is 1. The van der Waals surface area contributed by atoms with E-state index in [1.54, 1.807) is 0 Å². The van der Waals surface area contributed by atoms with Crippen molar-refractivity contribution in [3.05, 3.63) is 28.8 Å². The summed E-state index contributed by atoms with van der Waals surface area (Å²) >= 11 is 7.66. The normalized spacial score (nSPS) is 17.8. The first-order valence-electron chi connectivity index (χ1n) is 6.25. The smallest absolute Gasteiger partial charge is 0.337 e. The third-order valence-corrected chi connectivity index (χ3v) is 4.61. The zero-order valence-electron chi connectivity index (χ0n) is 10.7. The van der Waals surface area contributed by atoms with Gasteiger partial charge in [-0.05, 0) is 36.8 Å². The van der Waals surface area contributed by atoms with Crippen molar-refractivity contribution in [1.29, 1.82) is 0 Å². The van der Waals surface area contributed by atoms with Crippen molar-refractivity contribution < 1.29 is 14.7 Å². The van der Waals surface area contributed by atoms with Crippen LogP contribution in [0.25, 0.3) is 0 Å². The highest BCUT2D eigenvalue weighted by molar-refractivity contribution is 8.00. The van der Waals surface area contributed by atoms with Crippen LogP contribution in [0.3, 0.4) is 0 Å². The Hall–Kier alpha value is -1.40. The average molecular weight is 315 g/mol. The minimum absolute atomic E-state index is 0.0137. The molecule has 1 saturated heterocycles. The number of carboxylic acid groups (broad SMARTS) is 1. The molecule has 7 heteroatoms. The maximum absolute atomic E-state index is 11.8. The van der Waals surface area contributed by atoms with Crippen LogP contribution in [-0.2, 0) is 0 Å². The Morgan fingerprint density at radius 1 is 1.45 bits per heavy atom. The summed E-state index contributed by atoms with van der Waals surface area (Å²) in [6, 6.07) is 3.85. The quantitative estimate of drug-likeness (QED) is 0.798. The van der Waals surface area contributed by atoms with Crippen LogP contribution in [-0.4, -0.2) is 34.7 Å². The molecule has 0 spiro atoms. The maximum Gasteiger partial charge on any atom is 0.337 e. The number of carboxylic acids is 1. The van der Waals surface area contributed by atoms with Crippen molar-refractivity contribution in [2.75, 3.05) is 17.6 Å². The Morgan fingerprint density at radius 3 is 2.90 bits per heavy atom. The summed E-state index contributed by atoms with van der Waals surface area (Å²) in [4.78, 5) is 22.9. The first-order chi connectivity index (χ1) is 9.56. The summed E-state index contributed by atoms with van der Waals surface area (Å²) < 4.78 is 0. The monoisotopic (exact) mass is 314 g/mol. The summed E-state index contributed by atoms with van der Waals surface area (Å²) in [5, 5.41) is 15.2. The van der Waals surface area contributed by atoms with Crippen molar-refractivity contribution in [3.8, 4) is 0 Å². The van der Waals surface area contributed by atoms with E-state index in [4.69, 9.17) is 16.7 Å². The lowest BCUT2D eigenvalue weighted by atomic mass is 10.2. The topological polar surface area (TPSA) is 78.4 Å². The van der Waals surface area contributed by atoms with Gasteiger partial charge in [-0.25, -0.2) is 9.59 Å². The van der Waals surface area contributed by atoms with Gasteiger partial charge < -0.3 is 15.7 Å². The van der Waals surface area contributed by atoms with Gasteiger partial charge in [0.15, 0.2) is 0 Å². The van der Waals surface area contributed by atoms with Crippen LogP contribution < -0.4 is 10.6 Å².